The molecule has 7 heteroatoms. The van der Waals surface area contributed by atoms with Gasteiger partial charge in [-0.3, -0.25) is 0 Å². The summed E-state index contributed by atoms with van der Waals surface area (Å²) in [6, 6.07) is 10.6. The standard InChI is InChI=1S/C21H28N6.HI/c1-26-9-11-27(12-10-26)20-13-16(7-8-23-20)15-24-21(22)25-19-6-5-17-3-2-4-18(17)14-19;/h5-8,13-14H,2-4,9-12,15H2,1H3,(H3,22,24,25);1H. The van der Waals surface area contributed by atoms with Crippen molar-refractivity contribution in [2.24, 2.45) is 10.7 Å². The average Bonchev–Trinajstić information content (AvgIpc) is 3.15. The van der Waals surface area contributed by atoms with E-state index >= 15 is 0 Å². The molecule has 4 rings (SSSR count). The fraction of sp³-hybridized carbons (Fsp3) is 0.429. The van der Waals surface area contributed by atoms with E-state index in [4.69, 9.17) is 5.73 Å². The number of anilines is 2. The summed E-state index contributed by atoms with van der Waals surface area (Å²) < 4.78 is 0. The Balaban J connectivity index is 0.00000225. The zero-order chi connectivity index (χ0) is 18.6. The molecule has 1 aromatic heterocycles. The summed E-state index contributed by atoms with van der Waals surface area (Å²) in [5.74, 6) is 1.48. The maximum absolute atomic E-state index is 6.10. The molecule has 1 aliphatic heterocycles. The Labute approximate surface area is 184 Å². The molecule has 0 unspecified atom stereocenters. The van der Waals surface area contributed by atoms with Crippen LogP contribution in [0.25, 0.3) is 0 Å². The number of aryl methyl sites for hydroxylation is 2. The lowest BCUT2D eigenvalue weighted by atomic mass is 10.1. The fourth-order valence-electron chi connectivity index (χ4n) is 3.78. The van der Waals surface area contributed by atoms with Gasteiger partial charge >= 0.3 is 0 Å². The highest BCUT2D eigenvalue weighted by atomic mass is 127. The highest BCUT2D eigenvalue weighted by Gasteiger charge is 2.15. The van der Waals surface area contributed by atoms with Crippen LogP contribution in [-0.2, 0) is 19.4 Å². The van der Waals surface area contributed by atoms with Crippen molar-refractivity contribution in [2.75, 3.05) is 43.4 Å². The third kappa shape index (κ3) is 5.14. The zero-order valence-electron chi connectivity index (χ0n) is 16.4. The van der Waals surface area contributed by atoms with Crippen LogP contribution in [0.2, 0.25) is 0 Å². The van der Waals surface area contributed by atoms with Gasteiger partial charge < -0.3 is 20.9 Å². The fourth-order valence-corrected chi connectivity index (χ4v) is 3.78. The van der Waals surface area contributed by atoms with Crippen molar-refractivity contribution in [1.82, 2.24) is 9.88 Å². The van der Waals surface area contributed by atoms with E-state index in [2.05, 4.69) is 56.4 Å². The van der Waals surface area contributed by atoms with Crippen LogP contribution in [-0.4, -0.2) is 49.1 Å². The largest absolute Gasteiger partial charge is 0.370 e. The second-order valence-corrected chi connectivity index (χ2v) is 7.48. The van der Waals surface area contributed by atoms with E-state index < -0.39 is 0 Å². The molecule has 0 radical (unpaired) electrons. The monoisotopic (exact) mass is 492 g/mol. The summed E-state index contributed by atoms with van der Waals surface area (Å²) in [6.07, 6.45) is 5.47. The molecule has 2 heterocycles. The molecule has 3 N–H and O–H groups in total. The number of likely N-dealkylation sites (N-methyl/N-ethyl adjacent to an activating group) is 1. The Hall–Kier alpha value is -1.87. The first-order chi connectivity index (χ1) is 13.2. The van der Waals surface area contributed by atoms with E-state index in [0.717, 1.165) is 49.7 Å². The number of hydrogen-bond donors (Lipinski definition) is 2. The van der Waals surface area contributed by atoms with Gasteiger partial charge in [-0.2, -0.15) is 0 Å². The van der Waals surface area contributed by atoms with Gasteiger partial charge in [0.1, 0.15) is 5.82 Å². The van der Waals surface area contributed by atoms with Crippen LogP contribution in [0.4, 0.5) is 11.5 Å². The van der Waals surface area contributed by atoms with Crippen molar-refractivity contribution in [2.45, 2.75) is 25.8 Å². The Kier molecular flexibility index (Phi) is 7.12. The number of piperazine rings is 1. The van der Waals surface area contributed by atoms with Crippen molar-refractivity contribution in [3.8, 4) is 0 Å². The molecule has 1 saturated heterocycles. The quantitative estimate of drug-likeness (QED) is 0.391. The Morgan fingerprint density at radius 2 is 1.89 bits per heavy atom. The summed E-state index contributed by atoms with van der Waals surface area (Å²) in [5, 5.41) is 3.22. The number of guanidine groups is 1. The molecule has 0 bridgehead atoms. The summed E-state index contributed by atoms with van der Waals surface area (Å²) in [6.45, 7) is 4.72. The molecule has 150 valence electrons. The van der Waals surface area contributed by atoms with Gasteiger partial charge in [-0.05, 0) is 67.3 Å². The number of aliphatic imine (C=N–C) groups is 1. The van der Waals surface area contributed by atoms with E-state index in [1.54, 1.807) is 0 Å². The van der Waals surface area contributed by atoms with Gasteiger partial charge in [-0.25, -0.2) is 9.98 Å². The number of nitrogens with one attached hydrogen (secondary N) is 1. The van der Waals surface area contributed by atoms with Crippen molar-refractivity contribution in [1.29, 1.82) is 0 Å². The molecule has 28 heavy (non-hydrogen) atoms. The summed E-state index contributed by atoms with van der Waals surface area (Å²) in [7, 11) is 2.16. The molecule has 0 saturated carbocycles. The van der Waals surface area contributed by atoms with E-state index in [1.165, 1.54) is 24.0 Å². The van der Waals surface area contributed by atoms with Crippen LogP contribution >= 0.6 is 24.0 Å². The molecular formula is C21H29IN6. The van der Waals surface area contributed by atoms with Crippen molar-refractivity contribution >= 4 is 41.4 Å². The first kappa shape index (κ1) is 20.9. The number of halogens is 1. The summed E-state index contributed by atoms with van der Waals surface area (Å²) in [5.41, 5.74) is 11.1. The maximum Gasteiger partial charge on any atom is 0.193 e. The topological polar surface area (TPSA) is 69.8 Å². The number of rotatable bonds is 4. The molecule has 0 spiro atoms. The summed E-state index contributed by atoms with van der Waals surface area (Å²) >= 11 is 0. The third-order valence-electron chi connectivity index (χ3n) is 5.44. The molecular weight excluding hydrogens is 463 g/mol. The van der Waals surface area contributed by atoms with Crippen molar-refractivity contribution in [3.05, 3.63) is 53.2 Å². The van der Waals surface area contributed by atoms with Gasteiger partial charge in [0.2, 0.25) is 0 Å². The number of pyridine rings is 1. The average molecular weight is 492 g/mol. The highest BCUT2D eigenvalue weighted by Crippen LogP contribution is 2.24. The van der Waals surface area contributed by atoms with Gasteiger partial charge in [0.15, 0.2) is 5.96 Å². The minimum Gasteiger partial charge on any atom is -0.370 e. The predicted molar refractivity (Wildman–Crippen MR) is 127 cm³/mol. The normalized spacial score (nSPS) is 17.2. The van der Waals surface area contributed by atoms with E-state index in [-0.39, 0.29) is 24.0 Å². The van der Waals surface area contributed by atoms with Gasteiger partial charge in [-0.15, -0.1) is 24.0 Å². The van der Waals surface area contributed by atoms with Gasteiger partial charge in [0, 0.05) is 38.1 Å². The maximum atomic E-state index is 6.10. The minimum absolute atomic E-state index is 0. The van der Waals surface area contributed by atoms with Crippen LogP contribution in [0.3, 0.4) is 0 Å². The van der Waals surface area contributed by atoms with E-state index in [1.807, 2.05) is 12.3 Å². The lowest BCUT2D eigenvalue weighted by molar-refractivity contribution is 0.312. The van der Waals surface area contributed by atoms with Gasteiger partial charge in [0.25, 0.3) is 0 Å². The van der Waals surface area contributed by atoms with Crippen molar-refractivity contribution in [3.63, 3.8) is 0 Å². The number of nitrogens with two attached hydrogens (primary N) is 1. The number of hydrogen-bond acceptors (Lipinski definition) is 4. The molecule has 0 atom stereocenters. The van der Waals surface area contributed by atoms with Crippen LogP contribution in [0.1, 0.15) is 23.1 Å². The van der Waals surface area contributed by atoms with Gasteiger partial charge in [0.05, 0.1) is 6.54 Å². The SMILES string of the molecule is CN1CCN(c2cc(CN=C(N)Nc3ccc4c(c3)CCC4)ccn2)CC1.I. The smallest absolute Gasteiger partial charge is 0.193 e. The van der Waals surface area contributed by atoms with Gasteiger partial charge in [-0.1, -0.05) is 6.07 Å². The Morgan fingerprint density at radius 1 is 1.11 bits per heavy atom. The third-order valence-corrected chi connectivity index (χ3v) is 5.44. The second-order valence-electron chi connectivity index (χ2n) is 7.48. The van der Waals surface area contributed by atoms with E-state index in [9.17, 15) is 0 Å². The van der Waals surface area contributed by atoms with Crippen LogP contribution in [0.15, 0.2) is 41.5 Å². The number of aromatic nitrogens is 1. The number of benzene rings is 1. The first-order valence-electron chi connectivity index (χ1n) is 9.74. The zero-order valence-corrected chi connectivity index (χ0v) is 18.7. The molecule has 1 aromatic carbocycles. The Bertz CT molecular complexity index is 829. The molecule has 2 aromatic rings. The molecule has 1 fully saturated rings. The predicted octanol–water partition coefficient (Wildman–Crippen LogP) is 2.87. The molecule has 6 nitrogen and oxygen atoms in total. The highest BCUT2D eigenvalue weighted by molar-refractivity contribution is 14.0. The minimum atomic E-state index is 0. The molecule has 0 amide bonds. The Morgan fingerprint density at radius 3 is 2.71 bits per heavy atom. The lowest BCUT2D eigenvalue weighted by Gasteiger charge is -2.33. The summed E-state index contributed by atoms with van der Waals surface area (Å²) in [4.78, 5) is 13.7. The molecule has 2 aliphatic rings. The van der Waals surface area contributed by atoms with Crippen LogP contribution in [0, 0.1) is 0 Å². The molecule has 1 aliphatic carbocycles. The van der Waals surface area contributed by atoms with Crippen LogP contribution in [0.5, 0.6) is 0 Å². The second kappa shape index (κ2) is 9.56. The van der Waals surface area contributed by atoms with Crippen molar-refractivity contribution < 1.29 is 0 Å². The number of fused-ring (bicyclic) bond motifs is 1. The lowest BCUT2D eigenvalue weighted by Crippen LogP contribution is -2.44. The first-order valence-corrected chi connectivity index (χ1v) is 9.74. The number of nitrogens with zero attached hydrogens (tertiary/aromatic N) is 4. The van der Waals surface area contributed by atoms with E-state index in [0.29, 0.717) is 12.5 Å². The van der Waals surface area contributed by atoms with Crippen LogP contribution < -0.4 is 16.0 Å².